The van der Waals surface area contributed by atoms with Crippen molar-refractivity contribution in [3.8, 4) is 0 Å². The molecule has 0 aromatic heterocycles. The van der Waals surface area contributed by atoms with E-state index in [1.165, 1.54) is 14.7 Å². The molecule has 0 atom stereocenters. The summed E-state index contributed by atoms with van der Waals surface area (Å²) in [5.41, 5.74) is 6.06. The zero-order chi connectivity index (χ0) is 64.4. The van der Waals surface area contributed by atoms with E-state index >= 15 is 0 Å². The van der Waals surface area contributed by atoms with Gasteiger partial charge in [0.2, 0.25) is 0 Å². The molecule has 4 heterocycles. The van der Waals surface area contributed by atoms with Crippen LogP contribution in [-0.4, -0.2) is 97.1 Å². The van der Waals surface area contributed by atoms with Crippen LogP contribution in [0, 0.1) is 0 Å². The summed E-state index contributed by atoms with van der Waals surface area (Å²) in [7, 11) is 0. The molecule has 0 saturated carbocycles. The summed E-state index contributed by atoms with van der Waals surface area (Å²) in [4.78, 5) is 102. The third-order valence-corrected chi connectivity index (χ3v) is 12.9. The van der Waals surface area contributed by atoms with Crippen LogP contribution < -0.4 is 5.32 Å². The average molecular weight is 1160 g/mol. The monoisotopic (exact) mass is 1160 g/mol. The second kappa shape index (κ2) is 35.5. The molecule has 0 bridgehead atoms. The molecule has 0 fully saturated rings. The third kappa shape index (κ3) is 17.5. The molecule has 4 aliphatic heterocycles. The summed E-state index contributed by atoms with van der Waals surface area (Å²) in [5, 5.41) is 6.52. The normalized spacial score (nSPS) is 12.8. The van der Waals surface area contributed by atoms with Crippen molar-refractivity contribution in [1.82, 2.24) is 24.9 Å². The average Bonchev–Trinajstić information content (AvgIpc) is 1.78. The number of carbonyl (C=O) groups is 8. The van der Waals surface area contributed by atoms with Crippen LogP contribution in [0.15, 0.2) is 152 Å². The summed E-state index contributed by atoms with van der Waals surface area (Å²) in [5.74, 6) is -0.956. The summed E-state index contributed by atoms with van der Waals surface area (Å²) >= 11 is 0. The summed E-state index contributed by atoms with van der Waals surface area (Å²) in [6.07, 6.45) is 0. The lowest BCUT2D eigenvalue weighted by atomic mass is 9.93. The number of imide groups is 3. The smallest absolute Gasteiger partial charge is 0.261 e. The van der Waals surface area contributed by atoms with Crippen LogP contribution in [0.25, 0.3) is 21.5 Å². The van der Waals surface area contributed by atoms with Crippen LogP contribution in [-0.2, 0) is 6.54 Å². The van der Waals surface area contributed by atoms with Gasteiger partial charge in [0.1, 0.15) is 0 Å². The van der Waals surface area contributed by atoms with Gasteiger partial charge in [0.15, 0.2) is 0 Å². The van der Waals surface area contributed by atoms with E-state index in [1.807, 2.05) is 247 Å². The molecular weight excluding hydrogens is 1060 g/mol. The quantitative estimate of drug-likeness (QED) is 0.161. The van der Waals surface area contributed by atoms with Gasteiger partial charge in [0, 0.05) is 64.4 Å². The molecule has 11 rings (SSSR count). The molecule has 4 aliphatic rings. The van der Waals surface area contributed by atoms with Crippen molar-refractivity contribution in [2.75, 3.05) is 0 Å². The predicted molar refractivity (Wildman–Crippen MR) is 348 cm³/mol. The van der Waals surface area contributed by atoms with Crippen molar-refractivity contribution in [2.45, 2.75) is 175 Å². The van der Waals surface area contributed by atoms with E-state index in [0.29, 0.717) is 45.0 Å². The topological polar surface area (TPSA) is 162 Å². The Labute approximate surface area is 506 Å². The van der Waals surface area contributed by atoms with Gasteiger partial charge in [0.25, 0.3) is 47.3 Å². The highest BCUT2D eigenvalue weighted by molar-refractivity contribution is 6.26. The highest BCUT2D eigenvalue weighted by Gasteiger charge is 2.38. The molecule has 0 spiro atoms. The number of hydrogen-bond acceptors (Lipinski definition) is 8. The molecule has 0 radical (unpaired) electrons. The SMILES string of the molecule is CC.CC.CC.CC.CC.CC(C)N1C(=O)c2cc3ccccc3cc2C1=O.CC(C)N1C(=O)c2cccc3cccc(c23)C1=O.CC(C)N1C(=O)c2ccccc2C1=O.CC(C)N1Cc2ccccc2C1=O.CC(C)NC(=O)c1ccccc1. The summed E-state index contributed by atoms with van der Waals surface area (Å²) in [6.45, 7) is 39.8. The standard InChI is InChI=1S/2C15H13NO2.C11H11NO2.C11H13NO.C10H13NO.5C2H6/c1-9(2)16-14(17)11-7-3-5-10-6-4-8-12(13(10)11)15(16)18;1-9(2)16-14(17)12-7-10-5-3-4-6-11(10)8-13(12)15(16)18;1-7(2)12-10(13)8-5-3-4-6-9(8)11(12)14;1-8(2)12-7-9-5-3-4-6-10(9)11(12)13;1-8(2)11-10(12)9-6-4-3-5-7-9;5*1-2/h2*3-9H,1-2H3;3-7H,1-2H3;3-6,8H,7H2,1-2H3;3-8H,1-2H3,(H,11,12);5*1-2H3. The fraction of sp³-hybridized carbons (Fsp3) is 0.361. The first kappa shape index (κ1) is 72.5. The molecule has 1 N–H and O–H groups in total. The molecule has 0 saturated heterocycles. The first-order chi connectivity index (χ1) is 40.7. The lowest BCUT2D eigenvalue weighted by molar-refractivity contribution is 0.0555. The Balaban J connectivity index is 0.000000352. The molecule has 7 aromatic rings. The van der Waals surface area contributed by atoms with Gasteiger partial charge in [-0.3, -0.25) is 53.1 Å². The van der Waals surface area contributed by atoms with Gasteiger partial charge in [-0.15, -0.1) is 0 Å². The van der Waals surface area contributed by atoms with Crippen molar-refractivity contribution in [3.05, 3.63) is 202 Å². The molecule has 7 aromatic carbocycles. The Morgan fingerprint density at radius 1 is 0.341 bits per heavy atom. The van der Waals surface area contributed by atoms with Crippen molar-refractivity contribution in [3.63, 3.8) is 0 Å². The molecular formula is C72H93N5O8. The molecule has 0 aliphatic carbocycles. The largest absolute Gasteiger partial charge is 0.350 e. The van der Waals surface area contributed by atoms with Crippen LogP contribution >= 0.6 is 0 Å². The van der Waals surface area contributed by atoms with Crippen molar-refractivity contribution < 1.29 is 38.4 Å². The van der Waals surface area contributed by atoms with E-state index in [9.17, 15) is 38.4 Å². The van der Waals surface area contributed by atoms with E-state index in [2.05, 4.69) is 5.32 Å². The van der Waals surface area contributed by atoms with Gasteiger partial charge in [-0.05, 0) is 146 Å². The van der Waals surface area contributed by atoms with E-state index in [1.54, 1.807) is 48.5 Å². The second-order valence-corrected chi connectivity index (χ2v) is 19.9. The van der Waals surface area contributed by atoms with Crippen LogP contribution in [0.1, 0.15) is 227 Å². The number of nitrogens with one attached hydrogen (secondary N) is 1. The van der Waals surface area contributed by atoms with Gasteiger partial charge in [0.05, 0.1) is 22.3 Å². The van der Waals surface area contributed by atoms with Crippen LogP contribution in [0.5, 0.6) is 0 Å². The Bertz CT molecular complexity index is 3220. The maximum Gasteiger partial charge on any atom is 0.261 e. The molecule has 454 valence electrons. The van der Waals surface area contributed by atoms with Gasteiger partial charge in [-0.2, -0.15) is 0 Å². The van der Waals surface area contributed by atoms with E-state index in [-0.39, 0.29) is 71.4 Å². The van der Waals surface area contributed by atoms with Gasteiger partial charge < -0.3 is 10.2 Å². The highest BCUT2D eigenvalue weighted by atomic mass is 16.2. The number of hydrogen-bond donors (Lipinski definition) is 1. The van der Waals surface area contributed by atoms with Gasteiger partial charge in [-0.25, -0.2) is 0 Å². The number of amides is 8. The lowest BCUT2D eigenvalue weighted by Gasteiger charge is -2.30. The zero-order valence-electron chi connectivity index (χ0n) is 54.1. The fourth-order valence-electron chi connectivity index (χ4n) is 9.24. The fourth-order valence-corrected chi connectivity index (χ4v) is 9.24. The number of rotatable bonds is 6. The Morgan fingerprint density at radius 3 is 1.02 bits per heavy atom. The highest BCUT2D eigenvalue weighted by Crippen LogP contribution is 2.32. The number of fused-ring (bicyclic) bond motifs is 4. The molecule has 85 heavy (non-hydrogen) atoms. The zero-order valence-corrected chi connectivity index (χ0v) is 54.1. The first-order valence-electron chi connectivity index (χ1n) is 30.2. The Hall–Kier alpha value is -8.58. The Morgan fingerprint density at radius 2 is 0.659 bits per heavy atom. The van der Waals surface area contributed by atoms with E-state index in [4.69, 9.17) is 0 Å². The predicted octanol–water partition coefficient (Wildman–Crippen LogP) is 16.4. The maximum atomic E-state index is 12.4. The summed E-state index contributed by atoms with van der Waals surface area (Å²) in [6, 6.07) is 46.6. The first-order valence-corrected chi connectivity index (χ1v) is 30.2. The minimum Gasteiger partial charge on any atom is -0.350 e. The third-order valence-electron chi connectivity index (χ3n) is 12.9. The van der Waals surface area contributed by atoms with Crippen LogP contribution in [0.2, 0.25) is 0 Å². The van der Waals surface area contributed by atoms with E-state index < -0.39 is 0 Å². The number of benzene rings is 7. The Kier molecular flexibility index (Phi) is 30.3. The number of nitrogens with zero attached hydrogens (tertiary/aromatic N) is 4. The van der Waals surface area contributed by atoms with Crippen LogP contribution in [0.3, 0.4) is 0 Å². The van der Waals surface area contributed by atoms with Crippen molar-refractivity contribution >= 4 is 68.8 Å². The second-order valence-electron chi connectivity index (χ2n) is 19.9. The van der Waals surface area contributed by atoms with Crippen molar-refractivity contribution in [1.29, 1.82) is 0 Å². The van der Waals surface area contributed by atoms with Crippen molar-refractivity contribution in [2.24, 2.45) is 0 Å². The van der Waals surface area contributed by atoms with Gasteiger partial charge in [-0.1, -0.05) is 166 Å². The van der Waals surface area contributed by atoms with Crippen LogP contribution in [0.4, 0.5) is 0 Å². The maximum absolute atomic E-state index is 12.4. The molecule has 8 amide bonds. The lowest BCUT2D eigenvalue weighted by Crippen LogP contribution is -2.44. The molecule has 13 nitrogen and oxygen atoms in total. The summed E-state index contributed by atoms with van der Waals surface area (Å²) < 4.78 is 0. The van der Waals surface area contributed by atoms with Gasteiger partial charge >= 0.3 is 0 Å². The minimum atomic E-state index is -0.195. The molecule has 13 heteroatoms. The minimum absolute atomic E-state index is 0.00870. The number of carbonyl (C=O) groups excluding carboxylic acids is 8. The molecule has 0 unspecified atom stereocenters. The van der Waals surface area contributed by atoms with E-state index in [0.717, 1.165) is 39.2 Å².